The number of benzene rings is 2. The summed E-state index contributed by atoms with van der Waals surface area (Å²) in [5.74, 6) is 0.433. The Labute approximate surface area is 186 Å². The van der Waals surface area contributed by atoms with E-state index in [0.29, 0.717) is 26.6 Å². The molecule has 1 aromatic heterocycles. The first-order valence-electron chi connectivity index (χ1n) is 8.81. The van der Waals surface area contributed by atoms with E-state index < -0.39 is 6.04 Å². The van der Waals surface area contributed by atoms with Crippen molar-refractivity contribution in [3.8, 4) is 17.0 Å². The van der Waals surface area contributed by atoms with Crippen molar-refractivity contribution in [2.75, 3.05) is 12.1 Å². The van der Waals surface area contributed by atoms with Crippen molar-refractivity contribution in [3.05, 3.63) is 57.9 Å². The number of halogens is 2. The van der Waals surface area contributed by atoms with Crippen LogP contribution < -0.4 is 9.75 Å². The molecule has 30 heavy (non-hydrogen) atoms. The maximum Gasteiger partial charge on any atom is 0.282 e. The third-order valence-corrected chi connectivity index (χ3v) is 5.72. The Morgan fingerprint density at radius 2 is 1.93 bits per heavy atom. The second-order valence-electron chi connectivity index (χ2n) is 6.35. The van der Waals surface area contributed by atoms with Crippen molar-refractivity contribution in [1.82, 2.24) is 4.98 Å². The summed E-state index contributed by atoms with van der Waals surface area (Å²) in [4.78, 5) is 17.4. The van der Waals surface area contributed by atoms with E-state index in [0.717, 1.165) is 17.0 Å². The number of carbonyl (C=O) groups excluding carboxylic acids is 1. The first-order chi connectivity index (χ1) is 14.5. The molecule has 0 N–H and O–H groups in total. The summed E-state index contributed by atoms with van der Waals surface area (Å²) in [6.45, 7) is 1.72. The van der Waals surface area contributed by atoms with E-state index in [1.54, 1.807) is 32.2 Å². The Hall–Kier alpha value is -2.81. The lowest BCUT2D eigenvalue weighted by Crippen LogP contribution is -2.29. The van der Waals surface area contributed by atoms with Crippen molar-refractivity contribution in [2.45, 2.75) is 13.0 Å². The summed E-state index contributed by atoms with van der Waals surface area (Å²) in [5.41, 5.74) is 2.56. The standard InChI is InChI=1S/C20H15Cl2N5O2S/c1-11-18(25-24-16-9-13(21)5-8-15(16)22)19(28)27(26-11)20-23-17(10-30-20)12-3-6-14(29-2)7-4-12/h3-10,18H,1-2H3/t18-/m1/s1. The Balaban J connectivity index is 1.54. The van der Waals surface area contributed by atoms with Gasteiger partial charge in [-0.05, 0) is 49.4 Å². The van der Waals surface area contributed by atoms with Gasteiger partial charge in [0.2, 0.25) is 5.13 Å². The summed E-state index contributed by atoms with van der Waals surface area (Å²) in [5, 5.41) is 17.0. The van der Waals surface area contributed by atoms with E-state index in [1.807, 2.05) is 29.6 Å². The number of ether oxygens (including phenoxy) is 1. The molecule has 3 aromatic rings. The predicted octanol–water partition coefficient (Wildman–Crippen LogP) is 6.00. The maximum absolute atomic E-state index is 12.9. The molecule has 0 saturated heterocycles. The molecule has 10 heteroatoms. The van der Waals surface area contributed by atoms with Crippen molar-refractivity contribution < 1.29 is 9.53 Å². The number of methoxy groups -OCH3 is 1. The zero-order chi connectivity index (χ0) is 21.3. The largest absolute Gasteiger partial charge is 0.497 e. The van der Waals surface area contributed by atoms with Gasteiger partial charge >= 0.3 is 0 Å². The minimum atomic E-state index is -0.839. The van der Waals surface area contributed by atoms with Crippen LogP contribution >= 0.6 is 34.5 Å². The molecule has 152 valence electrons. The molecule has 0 unspecified atom stereocenters. The number of amides is 1. The molecule has 1 atom stereocenters. The lowest BCUT2D eigenvalue weighted by molar-refractivity contribution is -0.117. The zero-order valence-corrected chi connectivity index (χ0v) is 18.2. The second kappa shape index (κ2) is 8.51. The van der Waals surface area contributed by atoms with E-state index in [1.165, 1.54) is 16.3 Å². The number of rotatable bonds is 5. The van der Waals surface area contributed by atoms with Crippen molar-refractivity contribution >= 4 is 57.0 Å². The van der Waals surface area contributed by atoms with Crippen molar-refractivity contribution in [3.63, 3.8) is 0 Å². The van der Waals surface area contributed by atoms with Crippen LogP contribution in [0.25, 0.3) is 11.3 Å². The van der Waals surface area contributed by atoms with Gasteiger partial charge in [-0.2, -0.15) is 20.3 Å². The number of anilines is 1. The van der Waals surface area contributed by atoms with Gasteiger partial charge in [0.15, 0.2) is 6.04 Å². The maximum atomic E-state index is 12.9. The van der Waals surface area contributed by atoms with Crippen LogP contribution in [0.2, 0.25) is 10.0 Å². The quantitative estimate of drug-likeness (QED) is 0.438. The minimum Gasteiger partial charge on any atom is -0.497 e. The number of hydrazone groups is 1. The van der Waals surface area contributed by atoms with Gasteiger partial charge in [0.1, 0.15) is 11.4 Å². The van der Waals surface area contributed by atoms with Gasteiger partial charge in [0.05, 0.1) is 23.5 Å². The van der Waals surface area contributed by atoms with Crippen LogP contribution in [0.15, 0.2) is 63.2 Å². The lowest BCUT2D eigenvalue weighted by atomic mass is 10.2. The van der Waals surface area contributed by atoms with Crippen LogP contribution in [0.5, 0.6) is 5.75 Å². The van der Waals surface area contributed by atoms with Crippen LogP contribution in [-0.2, 0) is 4.79 Å². The molecule has 4 rings (SSSR count). The highest BCUT2D eigenvalue weighted by molar-refractivity contribution is 7.14. The van der Waals surface area contributed by atoms with Crippen LogP contribution in [0.1, 0.15) is 6.92 Å². The number of hydrogen-bond donors (Lipinski definition) is 0. The molecule has 1 aliphatic rings. The summed E-state index contributed by atoms with van der Waals surface area (Å²) in [7, 11) is 1.61. The zero-order valence-electron chi connectivity index (χ0n) is 15.9. The van der Waals surface area contributed by atoms with Gasteiger partial charge in [-0.15, -0.1) is 11.3 Å². The average Bonchev–Trinajstić information content (AvgIpc) is 3.34. The highest BCUT2D eigenvalue weighted by atomic mass is 35.5. The molecule has 0 spiro atoms. The minimum absolute atomic E-state index is 0.329. The van der Waals surface area contributed by atoms with Crippen LogP contribution in [0, 0.1) is 0 Å². The molecule has 2 heterocycles. The molecular weight excluding hydrogens is 445 g/mol. The van der Waals surface area contributed by atoms with E-state index in [-0.39, 0.29) is 5.91 Å². The van der Waals surface area contributed by atoms with Gasteiger partial charge in [-0.3, -0.25) is 4.79 Å². The smallest absolute Gasteiger partial charge is 0.282 e. The Morgan fingerprint density at radius 3 is 2.67 bits per heavy atom. The molecule has 0 aliphatic carbocycles. The van der Waals surface area contributed by atoms with E-state index in [4.69, 9.17) is 27.9 Å². The van der Waals surface area contributed by atoms with E-state index in [9.17, 15) is 4.79 Å². The number of carbonyl (C=O) groups is 1. The lowest BCUT2D eigenvalue weighted by Gasteiger charge is -2.08. The molecule has 0 radical (unpaired) electrons. The molecular formula is C20H15Cl2N5O2S. The molecule has 7 nitrogen and oxygen atoms in total. The van der Waals surface area contributed by atoms with Gasteiger partial charge in [0, 0.05) is 16.0 Å². The van der Waals surface area contributed by atoms with Gasteiger partial charge in [-0.1, -0.05) is 23.2 Å². The van der Waals surface area contributed by atoms with Crippen LogP contribution in [0.3, 0.4) is 0 Å². The first-order valence-corrected chi connectivity index (χ1v) is 10.4. The summed E-state index contributed by atoms with van der Waals surface area (Å²) in [6, 6.07) is 11.5. The Bertz CT molecular complexity index is 1160. The first kappa shape index (κ1) is 20.5. The Morgan fingerprint density at radius 1 is 1.17 bits per heavy atom. The third kappa shape index (κ3) is 4.07. The van der Waals surface area contributed by atoms with Gasteiger partial charge in [-0.25, -0.2) is 4.98 Å². The summed E-state index contributed by atoms with van der Waals surface area (Å²) >= 11 is 13.4. The van der Waals surface area contributed by atoms with Crippen LogP contribution in [-0.4, -0.2) is 29.8 Å². The van der Waals surface area contributed by atoms with E-state index >= 15 is 0 Å². The fourth-order valence-electron chi connectivity index (χ4n) is 2.76. The second-order valence-corrected chi connectivity index (χ2v) is 8.03. The SMILES string of the molecule is COc1ccc(-c2csc(N3N=C(C)[C@@H](N=Nc4cc(Cl)ccc4Cl)C3=O)n2)cc1. The monoisotopic (exact) mass is 459 g/mol. The fraction of sp³-hybridized carbons (Fsp3) is 0.150. The fourth-order valence-corrected chi connectivity index (χ4v) is 3.87. The summed E-state index contributed by atoms with van der Waals surface area (Å²) < 4.78 is 5.17. The number of hydrogen-bond acceptors (Lipinski definition) is 7. The predicted molar refractivity (Wildman–Crippen MR) is 119 cm³/mol. The Kier molecular flexibility index (Phi) is 5.80. The topological polar surface area (TPSA) is 79.5 Å². The molecule has 0 fully saturated rings. The molecule has 1 aliphatic heterocycles. The van der Waals surface area contributed by atoms with Crippen LogP contribution in [0.4, 0.5) is 10.8 Å². The van der Waals surface area contributed by atoms with Gasteiger partial charge in [0.25, 0.3) is 5.91 Å². The third-order valence-electron chi connectivity index (χ3n) is 4.34. The average molecular weight is 460 g/mol. The van der Waals surface area contributed by atoms with Gasteiger partial charge < -0.3 is 4.74 Å². The summed E-state index contributed by atoms with van der Waals surface area (Å²) in [6.07, 6.45) is 0. The highest BCUT2D eigenvalue weighted by Gasteiger charge is 2.36. The van der Waals surface area contributed by atoms with Crippen molar-refractivity contribution in [2.24, 2.45) is 15.3 Å². The van der Waals surface area contributed by atoms with Crippen molar-refractivity contribution in [1.29, 1.82) is 0 Å². The number of nitrogens with zero attached hydrogens (tertiary/aromatic N) is 5. The molecule has 0 bridgehead atoms. The molecule has 0 saturated carbocycles. The number of azo groups is 1. The van der Waals surface area contributed by atoms with E-state index in [2.05, 4.69) is 20.3 Å². The molecule has 1 amide bonds. The molecule has 2 aromatic carbocycles. The highest BCUT2D eigenvalue weighted by Crippen LogP contribution is 2.32. The number of thiazole rings is 1. The number of aromatic nitrogens is 1. The normalized spacial score (nSPS) is 16.4.